The highest BCUT2D eigenvalue weighted by molar-refractivity contribution is 14.8. The summed E-state index contributed by atoms with van der Waals surface area (Å²) < 4.78 is 46.9. The van der Waals surface area contributed by atoms with Gasteiger partial charge < -0.3 is 14.4 Å². The molecule has 3 rings (SSSR count). The van der Waals surface area contributed by atoms with Crippen LogP contribution in [-0.2, 0) is 6.14 Å². The zero-order chi connectivity index (χ0) is 24.7. The van der Waals surface area contributed by atoms with Crippen molar-refractivity contribution in [3.8, 4) is 22.9 Å². The van der Waals surface area contributed by atoms with Gasteiger partial charge in [-0.25, -0.2) is 15.7 Å². The average Bonchev–Trinajstić information content (AvgIpc) is 3.27. The molecule has 0 amide bonds. The predicted octanol–water partition coefficient (Wildman–Crippen LogP) is 6.38. The Balaban J connectivity index is 2.16. The molecule has 1 heterocycles. The number of phenolic OH excluding ortho intramolecular Hbond substituents is 1. The predicted molar refractivity (Wildman–Crippen MR) is 147 cm³/mol. The van der Waals surface area contributed by atoms with E-state index in [-0.39, 0.29) is 17.0 Å². The molecule has 3 aromatic rings. The van der Waals surface area contributed by atoms with E-state index < -0.39 is 44.0 Å². The van der Waals surface area contributed by atoms with Gasteiger partial charge in [0.2, 0.25) is 11.7 Å². The van der Waals surface area contributed by atoms with Crippen LogP contribution in [-0.4, -0.2) is 46.0 Å². The number of hydrogen-bond donors (Lipinski definition) is 1. The van der Waals surface area contributed by atoms with Gasteiger partial charge in [0.05, 0.1) is 19.4 Å². The van der Waals surface area contributed by atoms with E-state index in [9.17, 15) is 8.18 Å². The summed E-state index contributed by atoms with van der Waals surface area (Å²) in [5.41, 5.74) is 1.43. The second-order valence-electron chi connectivity index (χ2n) is 6.37. The highest BCUT2D eigenvalue weighted by atomic mass is 128. The maximum atomic E-state index is 15.1. The van der Waals surface area contributed by atoms with Crippen LogP contribution in [0.25, 0.3) is 11.4 Å². The monoisotopic (exact) mass is 714 g/mol. The number of hydrogen-bond acceptors (Lipinski definition) is 10. The number of rotatable bonds is 8. The van der Waals surface area contributed by atoms with Gasteiger partial charge in [-0.05, 0) is 43.5 Å². The molecule has 0 radical (unpaired) electrons. The van der Waals surface area contributed by atoms with Crippen molar-refractivity contribution in [2.24, 2.45) is 8.20 Å². The fraction of sp³-hybridized carbons (Fsp3) is 0.238. The van der Waals surface area contributed by atoms with Crippen molar-refractivity contribution in [3.05, 3.63) is 53.7 Å². The fourth-order valence-corrected chi connectivity index (χ4v) is 8.69. The lowest BCUT2D eigenvalue weighted by Gasteiger charge is -2.12. The first kappa shape index (κ1) is 26.6. The van der Waals surface area contributed by atoms with E-state index >= 15 is 4.39 Å². The van der Waals surface area contributed by atoms with Crippen LogP contribution in [0.2, 0.25) is 0 Å². The molecule has 0 saturated carbocycles. The van der Waals surface area contributed by atoms with Gasteiger partial charge in [0.15, 0.2) is 11.6 Å². The third-order valence-corrected chi connectivity index (χ3v) is 12.3. The molecule has 1 aromatic heterocycles. The number of nitrogens with zero attached hydrogens (tertiary/aromatic N) is 4. The van der Waals surface area contributed by atoms with Gasteiger partial charge in [-0.1, -0.05) is 5.16 Å². The van der Waals surface area contributed by atoms with E-state index in [2.05, 4.69) is 18.3 Å². The quantitative estimate of drug-likeness (QED) is 0.162. The molecular formula is C21H21FI2N4O5S. The summed E-state index contributed by atoms with van der Waals surface area (Å²) in [4.78, 5) is 8.83. The fourth-order valence-electron chi connectivity index (χ4n) is 2.71. The largest absolute Gasteiger partial charge is 0.505 e. The molecule has 0 saturated heterocycles. The second-order valence-corrected chi connectivity index (χ2v) is 16.8. The van der Waals surface area contributed by atoms with E-state index in [0.29, 0.717) is 29.1 Å². The van der Waals surface area contributed by atoms with Crippen LogP contribution >= 0.6 is 44.2 Å². The van der Waals surface area contributed by atoms with Crippen molar-refractivity contribution in [3.63, 3.8) is 0 Å². The van der Waals surface area contributed by atoms with E-state index in [1.807, 2.05) is 0 Å². The number of aliphatic imine (C=N–C) groups is 1. The van der Waals surface area contributed by atoms with Crippen molar-refractivity contribution in [1.29, 1.82) is 0 Å². The van der Waals surface area contributed by atoms with Crippen molar-refractivity contribution in [2.75, 3.05) is 20.0 Å². The Morgan fingerprint density at radius 1 is 1.32 bits per heavy atom. The minimum atomic E-state index is -2.82. The zero-order valence-electron chi connectivity index (χ0n) is 18.6. The number of ether oxygens (including phenoxy) is 1. The average molecular weight is 714 g/mol. The van der Waals surface area contributed by atoms with Gasteiger partial charge in [-0.3, -0.25) is 3.07 Å². The normalized spacial score (nSPS) is 13.6. The Bertz CT molecular complexity index is 1300. The summed E-state index contributed by atoms with van der Waals surface area (Å²) in [7, 11) is 1.39. The summed E-state index contributed by atoms with van der Waals surface area (Å²) in [6.07, 6.45) is 1.76. The number of thioether (sulfide) groups is 1. The Kier molecular flexibility index (Phi) is 9.90. The Hall–Kier alpha value is -1.98. The molecule has 0 unspecified atom stereocenters. The first-order valence-corrected chi connectivity index (χ1v) is 19.9. The SMILES string of the molecule is CCOc1cc(O)c(F)c(C(=Nc2ccc(-c3noc(C)n3)cc2)C(=NI=I(=O)OC)SC)c1. The van der Waals surface area contributed by atoms with Crippen molar-refractivity contribution < 1.29 is 24.9 Å². The summed E-state index contributed by atoms with van der Waals surface area (Å²) in [6, 6.07) is 9.64. The van der Waals surface area contributed by atoms with Crippen LogP contribution in [0.3, 0.4) is 0 Å². The zero-order valence-corrected chi connectivity index (χ0v) is 23.7. The van der Waals surface area contributed by atoms with Gasteiger partial charge in [0.1, 0.15) is 33.4 Å². The van der Waals surface area contributed by atoms with Crippen LogP contribution < -0.4 is 4.74 Å². The molecule has 13 heteroatoms. The molecular weight excluding hydrogens is 693 g/mol. The highest BCUT2D eigenvalue weighted by Gasteiger charge is 2.21. The van der Waals surface area contributed by atoms with E-state index in [1.54, 1.807) is 44.4 Å². The highest BCUT2D eigenvalue weighted by Crippen LogP contribution is 2.32. The van der Waals surface area contributed by atoms with E-state index in [4.69, 9.17) is 12.3 Å². The molecule has 1 N–H and O–H groups in total. The third kappa shape index (κ3) is 6.79. The summed E-state index contributed by atoms with van der Waals surface area (Å²) in [5.74, 6) is -0.247. The van der Waals surface area contributed by atoms with Gasteiger partial charge >= 0.3 is 0 Å². The molecule has 0 aliphatic carbocycles. The molecule has 0 aliphatic rings. The minimum absolute atomic E-state index is 0.0158. The van der Waals surface area contributed by atoms with Crippen molar-refractivity contribution in [2.45, 2.75) is 13.8 Å². The topological polar surface area (TPSA) is 119 Å². The summed E-state index contributed by atoms with van der Waals surface area (Å²) >= 11 is -2.71. The molecule has 34 heavy (non-hydrogen) atoms. The molecule has 0 aliphatic heterocycles. The Morgan fingerprint density at radius 3 is 2.65 bits per heavy atom. The smallest absolute Gasteiger partial charge is 0.280 e. The standard InChI is InChI=1S/C21H21FI2N4O5S/c1-5-32-15-10-16(18(22)17(29)11-15)19(21(34-4)27-23-24(30)31-3)26-14-8-6-13(7-9-14)20-25-12(2)33-28-20/h6-11,29H,5H2,1-4H3. The van der Waals surface area contributed by atoms with Crippen LogP contribution in [0.4, 0.5) is 10.1 Å². The van der Waals surface area contributed by atoms with Crippen molar-refractivity contribution in [1.82, 2.24) is 10.1 Å². The van der Waals surface area contributed by atoms with Gasteiger partial charge in [-0.15, -0.1) is 11.8 Å². The molecule has 0 bridgehead atoms. The number of halogens is 3. The lowest BCUT2D eigenvalue weighted by atomic mass is 10.1. The lowest BCUT2D eigenvalue weighted by molar-refractivity contribution is 0.335. The number of aromatic nitrogens is 2. The number of phenols is 1. The Labute approximate surface area is 213 Å². The van der Waals surface area contributed by atoms with E-state index in [1.165, 1.54) is 31.0 Å². The molecule has 182 valence electrons. The van der Waals surface area contributed by atoms with Crippen LogP contribution in [0.5, 0.6) is 11.5 Å². The molecule has 0 spiro atoms. The van der Waals surface area contributed by atoms with Crippen LogP contribution in [0.15, 0.2) is 49.1 Å². The van der Waals surface area contributed by atoms with Gasteiger partial charge in [-0.2, -0.15) is 4.98 Å². The van der Waals surface area contributed by atoms with E-state index in [0.717, 1.165) is 5.56 Å². The second kappa shape index (κ2) is 12.6. The summed E-state index contributed by atoms with van der Waals surface area (Å²) in [6.45, 7) is 3.82. The van der Waals surface area contributed by atoms with Gasteiger partial charge in [0, 0.05) is 24.1 Å². The Morgan fingerprint density at radius 2 is 2.06 bits per heavy atom. The molecule has 2 aromatic carbocycles. The minimum Gasteiger partial charge on any atom is -0.505 e. The maximum absolute atomic E-state index is 15.1. The molecule has 0 atom stereocenters. The third-order valence-electron chi connectivity index (χ3n) is 4.17. The van der Waals surface area contributed by atoms with Crippen LogP contribution in [0.1, 0.15) is 18.4 Å². The summed E-state index contributed by atoms with van der Waals surface area (Å²) in [5, 5.41) is 14.4. The molecule has 0 fully saturated rings. The first-order valence-electron chi connectivity index (χ1n) is 9.71. The number of benzene rings is 2. The van der Waals surface area contributed by atoms with Crippen LogP contribution in [0, 0.1) is 12.7 Å². The van der Waals surface area contributed by atoms with Crippen molar-refractivity contribution >= 4 is 60.7 Å². The first-order chi connectivity index (χ1) is 16.4. The number of aromatic hydroxyl groups is 1. The van der Waals surface area contributed by atoms with Gasteiger partial charge in [0.25, 0.3) is 15.6 Å². The number of aryl methyl sites for hydroxylation is 1. The lowest BCUT2D eigenvalue weighted by Crippen LogP contribution is -2.14. The maximum Gasteiger partial charge on any atom is 0.280 e. The molecule has 9 nitrogen and oxygen atoms in total.